The molecule has 0 radical (unpaired) electrons. The van der Waals surface area contributed by atoms with Crippen LogP contribution in [0.3, 0.4) is 0 Å². The lowest BCUT2D eigenvalue weighted by atomic mass is 10.2. The summed E-state index contributed by atoms with van der Waals surface area (Å²) < 4.78 is 38.1. The number of hydrogen-bond donors (Lipinski definition) is 2. The van der Waals surface area contributed by atoms with E-state index in [0.29, 0.717) is 43.7 Å². The van der Waals surface area contributed by atoms with Crippen LogP contribution in [-0.4, -0.2) is 71.3 Å². The number of ether oxygens (including phenoxy) is 2. The molecular formula is C21H35IN4O4S. The predicted octanol–water partition coefficient (Wildman–Crippen LogP) is 2.34. The Morgan fingerprint density at radius 1 is 1.19 bits per heavy atom. The standard InChI is InChI=1S/C21H34N4O4S.HI/c1-22-21(23-11-5-14-29-19-10-15-28-17-19)24-16-18-6-8-20(9-7-18)30(26,27)25-12-3-2-4-13-25;/h6-9,19H,2-5,10-17H2,1H3,(H2,22,23,24);1H. The summed E-state index contributed by atoms with van der Waals surface area (Å²) >= 11 is 0. The maximum absolute atomic E-state index is 12.7. The van der Waals surface area contributed by atoms with Gasteiger partial charge in [0, 0.05) is 46.4 Å². The average Bonchev–Trinajstić information content (AvgIpc) is 3.30. The third-order valence-corrected chi connectivity index (χ3v) is 7.33. The van der Waals surface area contributed by atoms with E-state index in [9.17, 15) is 8.42 Å². The highest BCUT2D eigenvalue weighted by Crippen LogP contribution is 2.20. The first-order valence-electron chi connectivity index (χ1n) is 10.8. The number of aliphatic imine (C=N–C) groups is 1. The molecule has 1 unspecified atom stereocenters. The molecule has 1 atom stereocenters. The van der Waals surface area contributed by atoms with E-state index in [-0.39, 0.29) is 30.1 Å². The van der Waals surface area contributed by atoms with E-state index in [4.69, 9.17) is 9.47 Å². The van der Waals surface area contributed by atoms with Crippen LogP contribution in [0.1, 0.15) is 37.7 Å². The molecule has 2 saturated heterocycles. The lowest BCUT2D eigenvalue weighted by molar-refractivity contribution is 0.0420. The van der Waals surface area contributed by atoms with Crippen molar-refractivity contribution in [2.75, 3.05) is 46.5 Å². The first-order valence-corrected chi connectivity index (χ1v) is 12.3. The molecule has 176 valence electrons. The number of sulfonamides is 1. The highest BCUT2D eigenvalue weighted by molar-refractivity contribution is 14.0. The molecule has 1 aromatic rings. The summed E-state index contributed by atoms with van der Waals surface area (Å²) in [7, 11) is -1.65. The molecule has 0 amide bonds. The van der Waals surface area contributed by atoms with Gasteiger partial charge in [0.2, 0.25) is 10.0 Å². The fourth-order valence-corrected chi connectivity index (χ4v) is 5.13. The maximum atomic E-state index is 12.7. The van der Waals surface area contributed by atoms with Crippen molar-refractivity contribution in [3.63, 3.8) is 0 Å². The normalized spacial score (nSPS) is 20.3. The predicted molar refractivity (Wildman–Crippen MR) is 132 cm³/mol. The smallest absolute Gasteiger partial charge is 0.243 e. The first-order chi connectivity index (χ1) is 14.6. The zero-order valence-corrected chi connectivity index (χ0v) is 21.4. The van der Waals surface area contributed by atoms with E-state index < -0.39 is 10.0 Å². The van der Waals surface area contributed by atoms with Crippen LogP contribution in [0.25, 0.3) is 0 Å². The molecule has 2 heterocycles. The third kappa shape index (κ3) is 8.16. The molecule has 2 aliphatic heterocycles. The molecule has 8 nitrogen and oxygen atoms in total. The molecule has 31 heavy (non-hydrogen) atoms. The van der Waals surface area contributed by atoms with Crippen molar-refractivity contribution >= 4 is 40.0 Å². The number of benzene rings is 1. The fourth-order valence-electron chi connectivity index (χ4n) is 3.61. The van der Waals surface area contributed by atoms with Gasteiger partial charge in [-0.2, -0.15) is 4.31 Å². The Balaban J connectivity index is 0.00000341. The van der Waals surface area contributed by atoms with Crippen molar-refractivity contribution in [3.8, 4) is 0 Å². The van der Waals surface area contributed by atoms with E-state index in [0.717, 1.165) is 50.8 Å². The molecule has 2 fully saturated rings. The Kier molecular flexibility index (Phi) is 11.5. The van der Waals surface area contributed by atoms with Gasteiger partial charge in [-0.3, -0.25) is 4.99 Å². The van der Waals surface area contributed by atoms with E-state index >= 15 is 0 Å². The minimum atomic E-state index is -3.38. The molecule has 0 aromatic heterocycles. The Bertz CT molecular complexity index is 777. The van der Waals surface area contributed by atoms with Crippen molar-refractivity contribution in [2.45, 2.75) is 49.6 Å². The molecule has 2 aliphatic rings. The molecule has 0 bridgehead atoms. The molecule has 0 saturated carbocycles. The second-order valence-corrected chi connectivity index (χ2v) is 9.61. The van der Waals surface area contributed by atoms with Crippen LogP contribution in [0.2, 0.25) is 0 Å². The second-order valence-electron chi connectivity index (χ2n) is 7.67. The highest BCUT2D eigenvalue weighted by Gasteiger charge is 2.25. The number of hydrogen-bond acceptors (Lipinski definition) is 5. The third-order valence-electron chi connectivity index (χ3n) is 5.41. The van der Waals surface area contributed by atoms with Gasteiger partial charge in [-0.05, 0) is 43.4 Å². The monoisotopic (exact) mass is 566 g/mol. The van der Waals surface area contributed by atoms with Crippen LogP contribution >= 0.6 is 24.0 Å². The maximum Gasteiger partial charge on any atom is 0.243 e. The van der Waals surface area contributed by atoms with Gasteiger partial charge in [0.25, 0.3) is 0 Å². The summed E-state index contributed by atoms with van der Waals surface area (Å²) in [6.45, 7) is 4.77. The zero-order chi connectivity index (χ0) is 21.2. The van der Waals surface area contributed by atoms with Gasteiger partial charge >= 0.3 is 0 Å². The van der Waals surface area contributed by atoms with Gasteiger partial charge < -0.3 is 20.1 Å². The van der Waals surface area contributed by atoms with Gasteiger partial charge in [-0.15, -0.1) is 24.0 Å². The van der Waals surface area contributed by atoms with Crippen LogP contribution in [0, 0.1) is 0 Å². The van der Waals surface area contributed by atoms with Gasteiger partial charge in [0.15, 0.2) is 5.96 Å². The lowest BCUT2D eigenvalue weighted by Gasteiger charge is -2.25. The summed E-state index contributed by atoms with van der Waals surface area (Å²) in [5, 5.41) is 6.53. The number of nitrogens with one attached hydrogen (secondary N) is 2. The van der Waals surface area contributed by atoms with Gasteiger partial charge in [0.05, 0.1) is 17.6 Å². The van der Waals surface area contributed by atoms with Crippen molar-refractivity contribution < 1.29 is 17.9 Å². The van der Waals surface area contributed by atoms with Gasteiger partial charge in [0.1, 0.15) is 0 Å². The van der Waals surface area contributed by atoms with E-state index in [2.05, 4.69) is 15.6 Å². The molecule has 2 N–H and O–H groups in total. The van der Waals surface area contributed by atoms with Crippen LogP contribution in [0.4, 0.5) is 0 Å². The summed E-state index contributed by atoms with van der Waals surface area (Å²) in [4.78, 5) is 4.59. The topological polar surface area (TPSA) is 92.3 Å². The SMILES string of the molecule is CN=C(NCCCOC1CCOC1)NCc1ccc(S(=O)(=O)N2CCCCC2)cc1.I. The number of nitrogens with zero attached hydrogens (tertiary/aromatic N) is 2. The molecule has 1 aromatic carbocycles. The minimum Gasteiger partial charge on any atom is -0.379 e. The summed E-state index contributed by atoms with van der Waals surface area (Å²) in [6, 6.07) is 7.10. The molecule has 10 heteroatoms. The number of rotatable bonds is 9. The number of halogens is 1. The zero-order valence-electron chi connectivity index (χ0n) is 18.2. The second kappa shape index (κ2) is 13.6. The Labute approximate surface area is 203 Å². The molecule has 0 spiro atoms. The summed E-state index contributed by atoms with van der Waals surface area (Å²) in [6.07, 6.45) is 5.09. The van der Waals surface area contributed by atoms with Crippen LogP contribution in [0.15, 0.2) is 34.2 Å². The summed E-state index contributed by atoms with van der Waals surface area (Å²) in [5.74, 6) is 0.712. The van der Waals surface area contributed by atoms with Crippen LogP contribution < -0.4 is 10.6 Å². The van der Waals surface area contributed by atoms with Crippen molar-refractivity contribution in [1.82, 2.24) is 14.9 Å². The Hall–Kier alpha value is -0.950. The van der Waals surface area contributed by atoms with Crippen molar-refractivity contribution in [2.24, 2.45) is 4.99 Å². The fraction of sp³-hybridized carbons (Fsp3) is 0.667. The Morgan fingerprint density at radius 3 is 2.58 bits per heavy atom. The van der Waals surface area contributed by atoms with E-state index in [1.54, 1.807) is 23.5 Å². The number of piperidine rings is 1. The van der Waals surface area contributed by atoms with E-state index in [1.165, 1.54) is 0 Å². The average molecular weight is 567 g/mol. The number of guanidine groups is 1. The first kappa shape index (κ1) is 26.3. The van der Waals surface area contributed by atoms with Crippen molar-refractivity contribution in [1.29, 1.82) is 0 Å². The van der Waals surface area contributed by atoms with Crippen molar-refractivity contribution in [3.05, 3.63) is 29.8 Å². The van der Waals surface area contributed by atoms with Crippen LogP contribution in [-0.2, 0) is 26.0 Å². The van der Waals surface area contributed by atoms with E-state index in [1.807, 2.05) is 12.1 Å². The summed E-state index contributed by atoms with van der Waals surface area (Å²) in [5.41, 5.74) is 1.00. The largest absolute Gasteiger partial charge is 0.379 e. The lowest BCUT2D eigenvalue weighted by Crippen LogP contribution is -2.37. The molecule has 3 rings (SSSR count). The minimum absolute atomic E-state index is 0. The molecular weight excluding hydrogens is 531 g/mol. The highest BCUT2D eigenvalue weighted by atomic mass is 127. The molecule has 0 aliphatic carbocycles. The Morgan fingerprint density at radius 2 is 1.94 bits per heavy atom. The quantitative estimate of drug-likeness (QED) is 0.207. The van der Waals surface area contributed by atoms with Gasteiger partial charge in [-0.25, -0.2) is 8.42 Å². The van der Waals surface area contributed by atoms with Crippen LogP contribution in [0.5, 0.6) is 0 Å². The van der Waals surface area contributed by atoms with Gasteiger partial charge in [-0.1, -0.05) is 18.6 Å².